The van der Waals surface area contributed by atoms with Crippen LogP contribution in [0, 0.1) is 11.8 Å². The minimum Gasteiger partial charge on any atom is -0.466 e. The molecule has 0 unspecified atom stereocenters. The molecule has 1 aromatic carbocycles. The van der Waals surface area contributed by atoms with Crippen molar-refractivity contribution in [2.45, 2.75) is 24.0 Å². The number of thioether (sulfide) groups is 2. The normalized spacial score (nSPS) is 26.9. The smallest absolute Gasteiger partial charge is 0.312 e. The molecule has 7 heteroatoms. The van der Waals surface area contributed by atoms with E-state index in [-0.39, 0.29) is 13.2 Å². The zero-order chi connectivity index (χ0) is 18.0. The van der Waals surface area contributed by atoms with Gasteiger partial charge in [-0.3, -0.25) is 9.59 Å². The molecule has 0 radical (unpaired) electrons. The molecule has 1 aliphatic heterocycles. The van der Waals surface area contributed by atoms with Crippen molar-refractivity contribution < 1.29 is 24.2 Å². The molecule has 1 fully saturated rings. The summed E-state index contributed by atoms with van der Waals surface area (Å²) in [5.74, 6) is -0.992. The Morgan fingerprint density at radius 3 is 2.36 bits per heavy atom. The molecule has 1 spiro atoms. The molecule has 0 bridgehead atoms. The van der Waals surface area contributed by atoms with E-state index in [0.29, 0.717) is 5.56 Å². The van der Waals surface area contributed by atoms with Crippen LogP contribution >= 0.6 is 23.5 Å². The van der Waals surface area contributed by atoms with Crippen molar-refractivity contribution in [3.63, 3.8) is 0 Å². The van der Waals surface area contributed by atoms with Crippen molar-refractivity contribution in [1.82, 2.24) is 0 Å². The van der Waals surface area contributed by atoms with Gasteiger partial charge in [-0.25, -0.2) is 0 Å². The van der Waals surface area contributed by atoms with Gasteiger partial charge in [-0.15, -0.1) is 23.5 Å². The first kappa shape index (κ1) is 18.6. The lowest BCUT2D eigenvalue weighted by Crippen LogP contribution is -2.49. The Kier molecular flexibility index (Phi) is 5.65. The highest BCUT2D eigenvalue weighted by Crippen LogP contribution is 2.64. The van der Waals surface area contributed by atoms with Crippen molar-refractivity contribution in [3.05, 3.63) is 35.4 Å². The summed E-state index contributed by atoms with van der Waals surface area (Å²) in [5.41, 5.74) is 1.61. The van der Waals surface area contributed by atoms with Crippen molar-refractivity contribution in [2.75, 3.05) is 24.7 Å². The summed E-state index contributed by atoms with van der Waals surface area (Å²) < 4.78 is 9.88. The number of benzene rings is 1. The summed E-state index contributed by atoms with van der Waals surface area (Å²) in [5, 5.41) is 10.9. The lowest BCUT2D eigenvalue weighted by Gasteiger charge is -2.45. The van der Waals surface area contributed by atoms with E-state index in [2.05, 4.69) is 0 Å². The second-order valence-corrected chi connectivity index (χ2v) is 8.84. The second kappa shape index (κ2) is 7.60. The Bertz CT molecular complexity index is 657. The van der Waals surface area contributed by atoms with Gasteiger partial charge in [-0.1, -0.05) is 24.3 Å². The van der Waals surface area contributed by atoms with Crippen molar-refractivity contribution in [1.29, 1.82) is 0 Å². The van der Waals surface area contributed by atoms with Crippen LogP contribution in [0.25, 0.3) is 0 Å². The quantitative estimate of drug-likeness (QED) is 0.803. The number of carbonyl (C=O) groups is 2. The van der Waals surface area contributed by atoms with E-state index in [1.807, 2.05) is 24.3 Å². The number of ether oxygens (including phenoxy) is 2. The lowest BCUT2D eigenvalue weighted by molar-refractivity contribution is -0.167. The number of carbonyl (C=O) groups excluding carboxylic acids is 2. The Morgan fingerprint density at radius 2 is 1.72 bits per heavy atom. The van der Waals surface area contributed by atoms with Gasteiger partial charge in [0.05, 0.1) is 19.3 Å². The topological polar surface area (TPSA) is 72.8 Å². The fourth-order valence-corrected chi connectivity index (χ4v) is 7.29. The molecule has 0 amide bonds. The summed E-state index contributed by atoms with van der Waals surface area (Å²) in [6, 6.07) is 7.51. The predicted molar refractivity (Wildman–Crippen MR) is 98.2 cm³/mol. The maximum atomic E-state index is 12.9. The standard InChI is InChI=1S/C18H22O5S2/c1-3-22-16(20)13-14(17(21)23-4-2)18(24-9-10-25-18)12-8-6-5-7-11(12)15(13)19/h5-8,13-15,19H,3-4,9-10H2,1-2H3/t13-,14-,15+/m1/s1. The van der Waals surface area contributed by atoms with Gasteiger partial charge in [0.1, 0.15) is 15.9 Å². The van der Waals surface area contributed by atoms with Gasteiger partial charge in [0.15, 0.2) is 0 Å². The highest BCUT2D eigenvalue weighted by molar-refractivity contribution is 8.20. The number of hydrogen-bond acceptors (Lipinski definition) is 7. The molecule has 1 N–H and O–H groups in total. The van der Waals surface area contributed by atoms with Gasteiger partial charge in [0.2, 0.25) is 0 Å². The van der Waals surface area contributed by atoms with Crippen LogP contribution in [0.2, 0.25) is 0 Å². The fourth-order valence-electron chi connectivity index (χ4n) is 3.65. The van der Waals surface area contributed by atoms with Crippen LogP contribution in [0.3, 0.4) is 0 Å². The molecule has 1 heterocycles. The first-order valence-corrected chi connectivity index (χ1v) is 10.4. The number of aliphatic hydroxyl groups excluding tert-OH is 1. The zero-order valence-corrected chi connectivity index (χ0v) is 15.9. The molecule has 1 saturated heterocycles. The first-order chi connectivity index (χ1) is 12.1. The molecule has 5 nitrogen and oxygen atoms in total. The number of rotatable bonds is 4. The summed E-state index contributed by atoms with van der Waals surface area (Å²) in [6.45, 7) is 3.89. The molecule has 3 rings (SSSR count). The van der Waals surface area contributed by atoms with Crippen LogP contribution in [-0.2, 0) is 23.1 Å². The van der Waals surface area contributed by atoms with Gasteiger partial charge in [-0.05, 0) is 25.0 Å². The molecule has 0 aromatic heterocycles. The highest BCUT2D eigenvalue weighted by Gasteiger charge is 2.60. The Hall–Kier alpha value is -1.18. The van der Waals surface area contributed by atoms with Crippen LogP contribution in [0.15, 0.2) is 24.3 Å². The molecule has 136 valence electrons. The maximum Gasteiger partial charge on any atom is 0.312 e. The monoisotopic (exact) mass is 382 g/mol. The Morgan fingerprint density at radius 1 is 1.12 bits per heavy atom. The van der Waals surface area contributed by atoms with Crippen molar-refractivity contribution in [3.8, 4) is 0 Å². The van der Waals surface area contributed by atoms with E-state index in [4.69, 9.17) is 9.47 Å². The van der Waals surface area contributed by atoms with E-state index < -0.39 is 34.0 Å². The van der Waals surface area contributed by atoms with E-state index in [1.54, 1.807) is 37.4 Å². The molecule has 1 aliphatic carbocycles. The number of aliphatic hydroxyl groups is 1. The van der Waals surface area contributed by atoms with Crippen LogP contribution in [0.5, 0.6) is 0 Å². The summed E-state index contributed by atoms with van der Waals surface area (Å²) in [4.78, 5) is 25.5. The van der Waals surface area contributed by atoms with E-state index >= 15 is 0 Å². The number of hydrogen-bond donors (Lipinski definition) is 1. The van der Waals surface area contributed by atoms with Crippen molar-refractivity contribution in [2.24, 2.45) is 11.8 Å². The average molecular weight is 383 g/mol. The SMILES string of the molecule is CCOC(=O)[C@H]1[C@@H](O)c2ccccc2C2(SCCS2)[C@H]1C(=O)OCC. The minimum absolute atomic E-state index is 0.201. The third-order valence-corrected chi connectivity index (χ3v) is 8.17. The fraction of sp³-hybridized carbons (Fsp3) is 0.556. The van der Waals surface area contributed by atoms with Crippen LogP contribution < -0.4 is 0 Å². The predicted octanol–water partition coefficient (Wildman–Crippen LogP) is 2.73. The molecule has 25 heavy (non-hydrogen) atoms. The Balaban J connectivity index is 2.17. The molecule has 1 aromatic rings. The van der Waals surface area contributed by atoms with Crippen LogP contribution in [-0.4, -0.2) is 41.8 Å². The number of esters is 2. The van der Waals surface area contributed by atoms with E-state index in [0.717, 1.165) is 17.1 Å². The second-order valence-electron chi connectivity index (χ2n) is 5.90. The summed E-state index contributed by atoms with van der Waals surface area (Å²) in [6.07, 6.45) is -1.09. The largest absolute Gasteiger partial charge is 0.466 e. The molecule has 0 saturated carbocycles. The molecule has 2 aliphatic rings. The summed E-state index contributed by atoms with van der Waals surface area (Å²) in [7, 11) is 0. The van der Waals surface area contributed by atoms with Crippen LogP contribution in [0.1, 0.15) is 31.1 Å². The van der Waals surface area contributed by atoms with Gasteiger partial charge < -0.3 is 14.6 Å². The number of fused-ring (bicyclic) bond motifs is 2. The molecular weight excluding hydrogens is 360 g/mol. The third kappa shape index (κ3) is 3.06. The molecular formula is C18H22O5S2. The maximum absolute atomic E-state index is 12.9. The third-order valence-electron chi connectivity index (χ3n) is 4.58. The highest BCUT2D eigenvalue weighted by atomic mass is 32.2. The zero-order valence-electron chi connectivity index (χ0n) is 14.3. The van der Waals surface area contributed by atoms with Gasteiger partial charge in [0, 0.05) is 11.5 Å². The van der Waals surface area contributed by atoms with Crippen molar-refractivity contribution >= 4 is 35.5 Å². The summed E-state index contributed by atoms with van der Waals surface area (Å²) >= 11 is 3.31. The minimum atomic E-state index is -1.09. The van der Waals surface area contributed by atoms with E-state index in [1.165, 1.54) is 0 Å². The van der Waals surface area contributed by atoms with Gasteiger partial charge in [-0.2, -0.15) is 0 Å². The Labute approximate surface area is 155 Å². The van der Waals surface area contributed by atoms with E-state index in [9.17, 15) is 14.7 Å². The lowest BCUT2D eigenvalue weighted by atomic mass is 9.73. The van der Waals surface area contributed by atoms with Gasteiger partial charge >= 0.3 is 11.9 Å². The average Bonchev–Trinajstić information content (AvgIpc) is 3.08. The van der Waals surface area contributed by atoms with Gasteiger partial charge in [0.25, 0.3) is 0 Å². The first-order valence-electron chi connectivity index (χ1n) is 8.45. The van der Waals surface area contributed by atoms with Crippen LogP contribution in [0.4, 0.5) is 0 Å². The molecule has 3 atom stereocenters.